The van der Waals surface area contributed by atoms with E-state index >= 15 is 0 Å². The van der Waals surface area contributed by atoms with Gasteiger partial charge in [-0.3, -0.25) is 19.3 Å². The molecule has 0 unspecified atom stereocenters. The third kappa shape index (κ3) is 6.66. The molecule has 160 valence electrons. The van der Waals surface area contributed by atoms with Gasteiger partial charge in [0.05, 0.1) is 24.3 Å². The van der Waals surface area contributed by atoms with Crippen molar-refractivity contribution < 1.29 is 18.8 Å². The van der Waals surface area contributed by atoms with E-state index in [1.165, 1.54) is 24.3 Å². The van der Waals surface area contributed by atoms with E-state index < -0.39 is 11.7 Å². The first-order valence-corrected chi connectivity index (χ1v) is 9.76. The molecule has 0 aromatic heterocycles. The molecule has 8 heteroatoms. The van der Waals surface area contributed by atoms with Crippen molar-refractivity contribution >= 4 is 29.1 Å². The van der Waals surface area contributed by atoms with Gasteiger partial charge in [0.2, 0.25) is 11.8 Å². The third-order valence-electron chi connectivity index (χ3n) is 4.48. The number of rotatable bonds is 9. The van der Waals surface area contributed by atoms with E-state index in [0.29, 0.717) is 24.5 Å². The molecular weight excluding hydrogens is 387 g/mol. The second-order valence-corrected chi connectivity index (χ2v) is 6.79. The number of para-hydroxylation sites is 1. The van der Waals surface area contributed by atoms with Gasteiger partial charge in [0.25, 0.3) is 5.91 Å². The summed E-state index contributed by atoms with van der Waals surface area (Å²) >= 11 is 0. The summed E-state index contributed by atoms with van der Waals surface area (Å²) in [4.78, 5) is 40.5. The number of anilines is 2. The monoisotopic (exact) mass is 414 g/mol. The van der Waals surface area contributed by atoms with E-state index in [9.17, 15) is 18.8 Å². The van der Waals surface area contributed by atoms with Crippen LogP contribution in [-0.2, 0) is 9.59 Å². The number of hydrogen-bond acceptors (Lipinski definition) is 4. The number of nitrogens with one attached hydrogen (secondary N) is 2. The highest BCUT2D eigenvalue weighted by molar-refractivity contribution is 6.10. The summed E-state index contributed by atoms with van der Waals surface area (Å²) in [5.74, 6) is -1.21. The number of nitrogens with zero attached hydrogens (tertiary/aromatic N) is 2. The Morgan fingerprint density at radius 3 is 2.17 bits per heavy atom. The lowest BCUT2D eigenvalue weighted by molar-refractivity contribution is -0.132. The molecule has 2 N–H and O–H groups in total. The number of amides is 3. The van der Waals surface area contributed by atoms with Crippen molar-refractivity contribution in [3.8, 4) is 0 Å². The van der Waals surface area contributed by atoms with Gasteiger partial charge in [0.1, 0.15) is 5.82 Å². The van der Waals surface area contributed by atoms with Crippen LogP contribution in [0.2, 0.25) is 0 Å². The van der Waals surface area contributed by atoms with E-state index in [2.05, 4.69) is 10.6 Å². The minimum absolute atomic E-state index is 0.000917. The first kappa shape index (κ1) is 23.0. The number of carbonyl (C=O) groups is 3. The molecular formula is C22H27FN4O3. The Morgan fingerprint density at radius 2 is 1.53 bits per heavy atom. The van der Waals surface area contributed by atoms with Gasteiger partial charge in [0, 0.05) is 18.8 Å². The summed E-state index contributed by atoms with van der Waals surface area (Å²) in [6.07, 6.45) is 0. The quantitative estimate of drug-likeness (QED) is 0.661. The molecule has 3 amide bonds. The van der Waals surface area contributed by atoms with E-state index in [1.54, 1.807) is 41.1 Å². The smallest absolute Gasteiger partial charge is 0.257 e. The highest BCUT2D eigenvalue weighted by Gasteiger charge is 2.17. The predicted octanol–water partition coefficient (Wildman–Crippen LogP) is 2.82. The first-order chi connectivity index (χ1) is 14.3. The molecule has 0 spiro atoms. The molecule has 2 aromatic rings. The van der Waals surface area contributed by atoms with Gasteiger partial charge in [-0.2, -0.15) is 0 Å². The van der Waals surface area contributed by atoms with Crippen molar-refractivity contribution in [1.29, 1.82) is 0 Å². The fraction of sp³-hybridized carbons (Fsp3) is 0.318. The molecule has 0 aliphatic heterocycles. The number of benzene rings is 2. The maximum Gasteiger partial charge on any atom is 0.257 e. The topological polar surface area (TPSA) is 81.8 Å². The molecule has 0 bridgehead atoms. The summed E-state index contributed by atoms with van der Waals surface area (Å²) in [6.45, 7) is 5.17. The third-order valence-corrected chi connectivity index (χ3v) is 4.48. The molecule has 0 aliphatic carbocycles. The first-order valence-electron chi connectivity index (χ1n) is 9.76. The Balaban J connectivity index is 1.99. The van der Waals surface area contributed by atoms with Crippen molar-refractivity contribution in [3.05, 3.63) is 59.9 Å². The summed E-state index contributed by atoms with van der Waals surface area (Å²) < 4.78 is 13.0. The molecule has 2 aromatic carbocycles. The van der Waals surface area contributed by atoms with Gasteiger partial charge in [-0.25, -0.2) is 4.39 Å². The standard InChI is InChI=1S/C22H27FN4O3/c1-4-27(5-2)21(29)15-26(3)14-20(28)25-19-9-7-6-8-18(19)22(30)24-17-12-10-16(23)11-13-17/h6-13H,4-5,14-15H2,1-3H3,(H,24,30)(H,25,28). The highest BCUT2D eigenvalue weighted by Crippen LogP contribution is 2.18. The Hall–Kier alpha value is -3.26. The van der Waals surface area contributed by atoms with E-state index in [1.807, 2.05) is 13.8 Å². The van der Waals surface area contributed by atoms with Crippen molar-refractivity contribution in [2.75, 3.05) is 43.9 Å². The number of hydrogen-bond donors (Lipinski definition) is 2. The summed E-state index contributed by atoms with van der Waals surface area (Å²) in [6, 6.07) is 12.0. The molecule has 0 radical (unpaired) electrons. The fourth-order valence-electron chi connectivity index (χ4n) is 2.92. The van der Waals surface area contributed by atoms with E-state index in [-0.39, 0.29) is 30.5 Å². The van der Waals surface area contributed by atoms with Gasteiger partial charge in [0.15, 0.2) is 0 Å². The van der Waals surface area contributed by atoms with Gasteiger partial charge >= 0.3 is 0 Å². The average molecular weight is 414 g/mol. The van der Waals surface area contributed by atoms with Crippen molar-refractivity contribution in [2.24, 2.45) is 0 Å². The number of likely N-dealkylation sites (N-methyl/N-ethyl adjacent to an activating group) is 2. The summed E-state index contributed by atoms with van der Waals surface area (Å²) in [5, 5.41) is 5.40. The van der Waals surface area contributed by atoms with E-state index in [4.69, 9.17) is 0 Å². The van der Waals surface area contributed by atoms with Crippen LogP contribution >= 0.6 is 0 Å². The summed E-state index contributed by atoms with van der Waals surface area (Å²) in [5.41, 5.74) is 1.07. The van der Waals surface area contributed by atoms with Crippen LogP contribution < -0.4 is 10.6 Å². The van der Waals surface area contributed by atoms with Crippen molar-refractivity contribution in [2.45, 2.75) is 13.8 Å². The Kier molecular flexibility index (Phi) is 8.49. The summed E-state index contributed by atoms with van der Waals surface area (Å²) in [7, 11) is 1.69. The zero-order valence-electron chi connectivity index (χ0n) is 17.4. The second-order valence-electron chi connectivity index (χ2n) is 6.79. The fourth-order valence-corrected chi connectivity index (χ4v) is 2.92. The maximum atomic E-state index is 13.0. The lowest BCUT2D eigenvalue weighted by atomic mass is 10.1. The molecule has 30 heavy (non-hydrogen) atoms. The molecule has 0 atom stereocenters. The highest BCUT2D eigenvalue weighted by atomic mass is 19.1. The van der Waals surface area contributed by atoms with Gasteiger partial charge in [-0.05, 0) is 57.3 Å². The molecule has 2 rings (SSSR count). The van der Waals surface area contributed by atoms with Crippen LogP contribution in [-0.4, -0.2) is 60.7 Å². The van der Waals surface area contributed by atoms with Crippen LogP contribution in [0, 0.1) is 5.82 Å². The maximum absolute atomic E-state index is 13.0. The van der Waals surface area contributed by atoms with Gasteiger partial charge < -0.3 is 15.5 Å². The van der Waals surface area contributed by atoms with Crippen LogP contribution in [0.5, 0.6) is 0 Å². The molecule has 0 saturated carbocycles. The van der Waals surface area contributed by atoms with Crippen molar-refractivity contribution in [1.82, 2.24) is 9.80 Å². The van der Waals surface area contributed by atoms with Crippen LogP contribution in [0.15, 0.2) is 48.5 Å². The largest absolute Gasteiger partial charge is 0.342 e. The van der Waals surface area contributed by atoms with Gasteiger partial charge in [-0.15, -0.1) is 0 Å². The molecule has 0 aliphatic rings. The second kappa shape index (κ2) is 11.1. The van der Waals surface area contributed by atoms with Crippen LogP contribution in [0.3, 0.4) is 0 Å². The number of carbonyl (C=O) groups excluding carboxylic acids is 3. The minimum atomic E-state index is -0.428. The average Bonchev–Trinajstić information content (AvgIpc) is 2.70. The normalized spacial score (nSPS) is 10.6. The molecule has 0 fully saturated rings. The molecule has 7 nitrogen and oxygen atoms in total. The van der Waals surface area contributed by atoms with E-state index in [0.717, 1.165) is 0 Å². The van der Waals surface area contributed by atoms with Crippen molar-refractivity contribution in [3.63, 3.8) is 0 Å². The molecule has 0 saturated heterocycles. The Labute approximate surface area is 175 Å². The number of halogens is 1. The zero-order chi connectivity index (χ0) is 22.1. The lowest BCUT2D eigenvalue weighted by Crippen LogP contribution is -2.41. The van der Waals surface area contributed by atoms with Gasteiger partial charge in [-0.1, -0.05) is 12.1 Å². The van der Waals surface area contributed by atoms with Crippen LogP contribution in [0.4, 0.5) is 15.8 Å². The Morgan fingerprint density at radius 1 is 0.900 bits per heavy atom. The van der Waals surface area contributed by atoms with Crippen LogP contribution in [0.25, 0.3) is 0 Å². The molecule has 0 heterocycles. The van der Waals surface area contributed by atoms with Crippen LogP contribution in [0.1, 0.15) is 24.2 Å². The zero-order valence-corrected chi connectivity index (χ0v) is 17.4. The Bertz CT molecular complexity index is 882. The predicted molar refractivity (Wildman–Crippen MR) is 115 cm³/mol. The lowest BCUT2D eigenvalue weighted by Gasteiger charge is -2.22. The minimum Gasteiger partial charge on any atom is -0.342 e. The SMILES string of the molecule is CCN(CC)C(=O)CN(C)CC(=O)Nc1ccccc1C(=O)Nc1ccc(F)cc1.